The molecule has 0 bridgehead atoms. The molecule has 0 amide bonds. The van der Waals surface area contributed by atoms with Crippen molar-refractivity contribution in [1.82, 2.24) is 9.97 Å². The number of aromatic amines is 1. The summed E-state index contributed by atoms with van der Waals surface area (Å²) in [6.07, 6.45) is 2.89. The molecule has 10 nitrogen and oxygen atoms in total. The van der Waals surface area contributed by atoms with Gasteiger partial charge in [-0.15, -0.1) is 0 Å². The fourth-order valence-corrected chi connectivity index (χ4v) is 5.98. The lowest BCUT2D eigenvalue weighted by Crippen LogP contribution is -2.48. The van der Waals surface area contributed by atoms with Crippen LogP contribution in [0.25, 0.3) is 0 Å². The molecule has 0 spiro atoms. The summed E-state index contributed by atoms with van der Waals surface area (Å²) in [6.45, 7) is 1.82. The fraction of sp³-hybridized carbons (Fsp3) is 0.706. The second-order valence-electron chi connectivity index (χ2n) is 7.01. The lowest BCUT2D eigenvalue weighted by atomic mass is 10.0. The van der Waals surface area contributed by atoms with E-state index in [0.29, 0.717) is 18.8 Å². The molecule has 0 aromatic carbocycles. The Balaban J connectivity index is 0.000000221. The third-order valence-corrected chi connectivity index (χ3v) is 7.56. The SMILES string of the molecule is CC(O)C(O)C1CNc2nc(N)[nH]c(=O)c2N1.O=C(O)CCCCC1CCSS1. The van der Waals surface area contributed by atoms with Gasteiger partial charge in [0.2, 0.25) is 5.95 Å². The highest BCUT2D eigenvalue weighted by atomic mass is 33.1. The van der Waals surface area contributed by atoms with Crippen LogP contribution in [0.15, 0.2) is 4.79 Å². The summed E-state index contributed by atoms with van der Waals surface area (Å²) in [5.74, 6) is 0.982. The molecule has 164 valence electrons. The maximum Gasteiger partial charge on any atom is 0.303 e. The average Bonchev–Trinajstić information content (AvgIpc) is 3.18. The van der Waals surface area contributed by atoms with Gasteiger partial charge in [-0.2, -0.15) is 4.98 Å². The van der Waals surface area contributed by atoms with E-state index in [-0.39, 0.29) is 11.6 Å². The molecular formula is C17H29N5O5S2. The molecule has 8 N–H and O–H groups in total. The number of nitrogens with one attached hydrogen (secondary N) is 3. The van der Waals surface area contributed by atoms with Crippen LogP contribution < -0.4 is 21.9 Å². The van der Waals surface area contributed by atoms with Crippen LogP contribution in [0, 0.1) is 0 Å². The van der Waals surface area contributed by atoms with Gasteiger partial charge in [-0.25, -0.2) is 0 Å². The summed E-state index contributed by atoms with van der Waals surface area (Å²) < 4.78 is 0. The van der Waals surface area contributed by atoms with E-state index in [1.165, 1.54) is 25.5 Å². The van der Waals surface area contributed by atoms with Gasteiger partial charge in [-0.1, -0.05) is 28.0 Å². The number of aliphatic carboxylic acids is 1. The minimum Gasteiger partial charge on any atom is -0.481 e. The van der Waals surface area contributed by atoms with Crippen molar-refractivity contribution >= 4 is 45.0 Å². The lowest BCUT2D eigenvalue weighted by Gasteiger charge is -2.31. The van der Waals surface area contributed by atoms with Gasteiger partial charge in [0.1, 0.15) is 11.8 Å². The fourth-order valence-electron chi connectivity index (χ4n) is 2.95. The molecule has 12 heteroatoms. The van der Waals surface area contributed by atoms with E-state index in [9.17, 15) is 19.8 Å². The molecule has 1 aromatic heterocycles. The van der Waals surface area contributed by atoms with Crippen molar-refractivity contribution in [1.29, 1.82) is 0 Å². The summed E-state index contributed by atoms with van der Waals surface area (Å²) in [5.41, 5.74) is 5.20. The van der Waals surface area contributed by atoms with Crippen LogP contribution in [-0.4, -0.2) is 67.1 Å². The molecule has 0 aliphatic carbocycles. The Morgan fingerprint density at radius 2 is 2.14 bits per heavy atom. The van der Waals surface area contributed by atoms with Gasteiger partial charge in [0.05, 0.1) is 12.1 Å². The lowest BCUT2D eigenvalue weighted by molar-refractivity contribution is -0.137. The highest BCUT2D eigenvalue weighted by Crippen LogP contribution is 2.39. The molecule has 0 radical (unpaired) electrons. The highest BCUT2D eigenvalue weighted by molar-refractivity contribution is 8.77. The van der Waals surface area contributed by atoms with Crippen molar-refractivity contribution < 1.29 is 20.1 Å². The Morgan fingerprint density at radius 1 is 1.38 bits per heavy atom. The number of nitrogens with two attached hydrogens (primary N) is 1. The van der Waals surface area contributed by atoms with E-state index in [0.717, 1.165) is 18.1 Å². The third kappa shape index (κ3) is 7.61. The number of aliphatic hydroxyl groups is 2. The van der Waals surface area contributed by atoms with Crippen LogP contribution >= 0.6 is 21.6 Å². The van der Waals surface area contributed by atoms with Crippen LogP contribution in [0.4, 0.5) is 17.5 Å². The van der Waals surface area contributed by atoms with Gasteiger partial charge in [0, 0.05) is 24.0 Å². The van der Waals surface area contributed by atoms with Crippen LogP contribution in [-0.2, 0) is 4.79 Å². The normalized spacial score (nSPS) is 22.3. The number of fused-ring (bicyclic) bond motifs is 1. The highest BCUT2D eigenvalue weighted by Gasteiger charge is 2.29. The standard InChI is InChI=1S/C9H15N5O3.C8H14O2S2/c1-3(15)6(16)4-2-11-7-5(12-4)8(17)14-9(10)13-7;9-8(10)4-2-1-3-7-5-6-11-12-7/h3-4,6,12,15-16H,2H2,1H3,(H4,10,11,13,14,17);7H,1-6H2,(H,9,10). The Bertz CT molecular complexity index is 727. The number of nitrogens with zero attached hydrogens (tertiary/aromatic N) is 1. The summed E-state index contributed by atoms with van der Waals surface area (Å²) in [6, 6.07) is -0.464. The topological polar surface area (TPSA) is 174 Å². The van der Waals surface area contributed by atoms with Crippen molar-refractivity contribution in [2.75, 3.05) is 28.7 Å². The Kier molecular flexibility index (Phi) is 9.40. The summed E-state index contributed by atoms with van der Waals surface area (Å²) in [5, 5.41) is 33.9. The van der Waals surface area contributed by atoms with Crippen molar-refractivity contribution in [3.63, 3.8) is 0 Å². The predicted octanol–water partition coefficient (Wildman–Crippen LogP) is 1.08. The Labute approximate surface area is 176 Å². The van der Waals surface area contributed by atoms with Crippen LogP contribution in [0.2, 0.25) is 0 Å². The summed E-state index contributed by atoms with van der Waals surface area (Å²) in [7, 11) is 3.92. The molecule has 1 aromatic rings. The number of nitrogen functional groups attached to an aromatic ring is 1. The van der Waals surface area contributed by atoms with Crippen LogP contribution in [0.1, 0.15) is 39.0 Å². The Hall–Kier alpha value is -1.63. The van der Waals surface area contributed by atoms with E-state index in [1.54, 1.807) is 0 Å². The molecule has 4 unspecified atom stereocenters. The monoisotopic (exact) mass is 447 g/mol. The minimum atomic E-state index is -0.979. The van der Waals surface area contributed by atoms with Gasteiger partial charge >= 0.3 is 5.97 Å². The number of hydrogen-bond donors (Lipinski definition) is 7. The van der Waals surface area contributed by atoms with E-state index in [1.807, 2.05) is 21.6 Å². The third-order valence-electron chi connectivity index (χ3n) is 4.56. The largest absolute Gasteiger partial charge is 0.481 e. The Morgan fingerprint density at radius 3 is 2.76 bits per heavy atom. The zero-order chi connectivity index (χ0) is 21.4. The van der Waals surface area contributed by atoms with Crippen molar-refractivity contribution in [2.45, 2.75) is 62.5 Å². The van der Waals surface area contributed by atoms with Gasteiger partial charge in [-0.3, -0.25) is 14.6 Å². The van der Waals surface area contributed by atoms with Gasteiger partial charge < -0.3 is 31.7 Å². The molecule has 2 aliphatic rings. The second-order valence-corrected chi connectivity index (χ2v) is 9.79. The molecule has 0 saturated carbocycles. The first-order valence-electron chi connectivity index (χ1n) is 9.54. The van der Waals surface area contributed by atoms with E-state index in [2.05, 4.69) is 20.6 Å². The number of unbranched alkanes of at least 4 members (excludes halogenated alkanes) is 1. The minimum absolute atomic E-state index is 0.0255. The molecule has 1 fully saturated rings. The molecule has 29 heavy (non-hydrogen) atoms. The average molecular weight is 448 g/mol. The first kappa shape index (κ1) is 23.6. The van der Waals surface area contributed by atoms with Gasteiger partial charge in [0.25, 0.3) is 5.56 Å². The van der Waals surface area contributed by atoms with E-state index in [4.69, 9.17) is 10.8 Å². The number of H-pyrrole nitrogens is 1. The van der Waals surface area contributed by atoms with Gasteiger partial charge in [-0.05, 0) is 26.2 Å². The number of carbonyl (C=O) groups is 1. The van der Waals surface area contributed by atoms with Gasteiger partial charge in [0.15, 0.2) is 5.82 Å². The molecule has 3 rings (SSSR count). The summed E-state index contributed by atoms with van der Waals surface area (Å²) >= 11 is 0. The number of rotatable bonds is 7. The molecule has 3 heterocycles. The zero-order valence-corrected chi connectivity index (χ0v) is 17.9. The van der Waals surface area contributed by atoms with Crippen molar-refractivity contribution in [2.24, 2.45) is 0 Å². The maximum absolute atomic E-state index is 11.6. The second kappa shape index (κ2) is 11.5. The molecule has 2 aliphatic heterocycles. The first-order valence-corrected chi connectivity index (χ1v) is 11.9. The number of anilines is 3. The van der Waals surface area contributed by atoms with E-state index >= 15 is 0 Å². The number of carboxylic acid groups (broad SMARTS) is 1. The van der Waals surface area contributed by atoms with Crippen molar-refractivity contribution in [3.05, 3.63) is 10.4 Å². The maximum atomic E-state index is 11.6. The van der Waals surface area contributed by atoms with E-state index < -0.39 is 29.8 Å². The quantitative estimate of drug-likeness (QED) is 0.235. The smallest absolute Gasteiger partial charge is 0.303 e. The molecule has 1 saturated heterocycles. The van der Waals surface area contributed by atoms with Crippen LogP contribution in [0.5, 0.6) is 0 Å². The van der Waals surface area contributed by atoms with Crippen LogP contribution in [0.3, 0.4) is 0 Å². The predicted molar refractivity (Wildman–Crippen MR) is 117 cm³/mol. The summed E-state index contributed by atoms with van der Waals surface area (Å²) in [4.78, 5) is 28.1. The number of aromatic nitrogens is 2. The molecular weight excluding hydrogens is 418 g/mol. The zero-order valence-electron chi connectivity index (χ0n) is 16.3. The first-order chi connectivity index (χ1) is 13.8. The van der Waals surface area contributed by atoms with Crippen molar-refractivity contribution in [3.8, 4) is 0 Å². The number of hydrogen-bond acceptors (Lipinski definition) is 10. The molecule has 4 atom stereocenters. The number of carboxylic acids is 1. The number of aliphatic hydroxyl groups excluding tert-OH is 2.